The van der Waals surface area contributed by atoms with Crippen molar-refractivity contribution in [3.8, 4) is 11.5 Å². The fourth-order valence-electron chi connectivity index (χ4n) is 1.76. The molecule has 22 heavy (non-hydrogen) atoms. The number of carboxylic acids is 1. The molecule has 1 aliphatic heterocycles. The molecule has 1 atom stereocenters. The van der Waals surface area contributed by atoms with Gasteiger partial charge in [-0.25, -0.2) is 9.59 Å². The average Bonchev–Trinajstić information content (AvgIpc) is 2.78. The minimum absolute atomic E-state index is 0.111. The molecule has 1 fully saturated rings. The van der Waals surface area contributed by atoms with Crippen LogP contribution in [0.3, 0.4) is 0 Å². The van der Waals surface area contributed by atoms with Gasteiger partial charge in [-0.1, -0.05) is 6.07 Å². The van der Waals surface area contributed by atoms with Gasteiger partial charge in [-0.3, -0.25) is 10.1 Å². The number of hydrogen-bond acceptors (Lipinski definition) is 5. The molecule has 3 amide bonds. The van der Waals surface area contributed by atoms with Gasteiger partial charge in [-0.15, -0.1) is 0 Å². The number of rotatable bonds is 5. The lowest BCUT2D eigenvalue weighted by atomic mass is 10.1. The normalized spacial score (nSPS) is 16.9. The van der Waals surface area contributed by atoms with Crippen LogP contribution < -0.4 is 20.1 Å². The first-order chi connectivity index (χ1) is 10.4. The Labute approximate surface area is 125 Å². The van der Waals surface area contributed by atoms with Crippen LogP contribution in [0.15, 0.2) is 23.9 Å². The Morgan fingerprint density at radius 1 is 1.27 bits per heavy atom. The van der Waals surface area contributed by atoms with Gasteiger partial charge in [0, 0.05) is 0 Å². The lowest BCUT2D eigenvalue weighted by Crippen LogP contribution is -2.23. The number of carbonyl (C=O) groups is 3. The molecule has 0 aromatic heterocycles. The van der Waals surface area contributed by atoms with Crippen LogP contribution in [0.25, 0.3) is 6.08 Å². The molecule has 0 spiro atoms. The van der Waals surface area contributed by atoms with Crippen molar-refractivity contribution in [1.29, 1.82) is 0 Å². The zero-order valence-electron chi connectivity index (χ0n) is 11.9. The third-order valence-electron chi connectivity index (χ3n) is 2.87. The van der Waals surface area contributed by atoms with Crippen LogP contribution in [0.1, 0.15) is 12.5 Å². The van der Waals surface area contributed by atoms with Crippen molar-refractivity contribution in [2.24, 2.45) is 0 Å². The summed E-state index contributed by atoms with van der Waals surface area (Å²) in [5.41, 5.74) is 0.694. The first-order valence-corrected chi connectivity index (χ1v) is 6.32. The second kappa shape index (κ2) is 6.17. The van der Waals surface area contributed by atoms with Crippen molar-refractivity contribution < 1.29 is 29.0 Å². The van der Waals surface area contributed by atoms with Crippen molar-refractivity contribution in [2.45, 2.75) is 13.0 Å². The van der Waals surface area contributed by atoms with Crippen molar-refractivity contribution in [3.63, 3.8) is 0 Å². The van der Waals surface area contributed by atoms with E-state index in [9.17, 15) is 14.4 Å². The number of benzene rings is 1. The van der Waals surface area contributed by atoms with Crippen LogP contribution >= 0.6 is 0 Å². The lowest BCUT2D eigenvalue weighted by Gasteiger charge is -2.14. The Kier molecular flexibility index (Phi) is 4.31. The molecule has 1 aromatic carbocycles. The smallest absolute Gasteiger partial charge is 0.344 e. The first kappa shape index (κ1) is 15.4. The number of urea groups is 1. The molecule has 3 N–H and O–H groups in total. The quantitative estimate of drug-likeness (QED) is 0.546. The standard InChI is InChI=1S/C14H14N2O6/c1-7(13(18)19)22-10-4-3-8(6-11(10)21-2)5-9-12(17)16-14(20)15-9/h3-7H,1-2H3,(H,18,19)(H2,15,16,17,20)/b9-5+/t7-/m0/s1. The van der Waals surface area contributed by atoms with Gasteiger partial charge in [0.15, 0.2) is 17.6 Å². The van der Waals surface area contributed by atoms with E-state index in [1.54, 1.807) is 12.1 Å². The van der Waals surface area contributed by atoms with Crippen molar-refractivity contribution in [3.05, 3.63) is 29.5 Å². The summed E-state index contributed by atoms with van der Waals surface area (Å²) in [4.78, 5) is 33.3. The number of aliphatic carboxylic acids is 1. The lowest BCUT2D eigenvalue weighted by molar-refractivity contribution is -0.144. The molecule has 1 heterocycles. The van der Waals surface area contributed by atoms with Gasteiger partial charge in [-0.2, -0.15) is 0 Å². The molecule has 1 aliphatic rings. The van der Waals surface area contributed by atoms with Gasteiger partial charge in [-0.05, 0) is 30.7 Å². The summed E-state index contributed by atoms with van der Waals surface area (Å²) in [6, 6.07) is 4.11. The Balaban J connectivity index is 2.26. The van der Waals surface area contributed by atoms with Crippen LogP contribution in [0.5, 0.6) is 11.5 Å². The van der Waals surface area contributed by atoms with Gasteiger partial charge < -0.3 is 19.9 Å². The number of carboxylic acid groups (broad SMARTS) is 1. The summed E-state index contributed by atoms with van der Waals surface area (Å²) in [6.45, 7) is 1.40. The van der Waals surface area contributed by atoms with E-state index < -0.39 is 24.0 Å². The van der Waals surface area contributed by atoms with E-state index >= 15 is 0 Å². The number of ether oxygens (including phenoxy) is 2. The SMILES string of the molecule is COc1cc(/C=C2/NC(=O)NC2=O)ccc1O[C@@H](C)C(=O)O. The maximum atomic E-state index is 11.4. The number of hydrogen-bond donors (Lipinski definition) is 3. The Morgan fingerprint density at radius 2 is 2.00 bits per heavy atom. The van der Waals surface area contributed by atoms with Crippen LogP contribution in [0.2, 0.25) is 0 Å². The highest BCUT2D eigenvalue weighted by Gasteiger charge is 2.23. The average molecular weight is 306 g/mol. The number of nitrogens with one attached hydrogen (secondary N) is 2. The molecule has 8 heteroatoms. The molecule has 116 valence electrons. The predicted molar refractivity (Wildman–Crippen MR) is 75.4 cm³/mol. The molecule has 0 aliphatic carbocycles. The second-order valence-corrected chi connectivity index (χ2v) is 4.47. The highest BCUT2D eigenvalue weighted by molar-refractivity contribution is 6.14. The maximum absolute atomic E-state index is 11.4. The van der Waals surface area contributed by atoms with Gasteiger partial charge in [0.05, 0.1) is 7.11 Å². The van der Waals surface area contributed by atoms with Crippen molar-refractivity contribution in [1.82, 2.24) is 10.6 Å². The maximum Gasteiger partial charge on any atom is 0.344 e. The van der Waals surface area contributed by atoms with E-state index in [-0.39, 0.29) is 11.4 Å². The molecule has 0 radical (unpaired) electrons. The van der Waals surface area contributed by atoms with Gasteiger partial charge >= 0.3 is 12.0 Å². The fourth-order valence-corrected chi connectivity index (χ4v) is 1.76. The first-order valence-electron chi connectivity index (χ1n) is 6.32. The van der Waals surface area contributed by atoms with Crippen LogP contribution in [0, 0.1) is 0 Å². The number of carbonyl (C=O) groups excluding carboxylic acids is 2. The van der Waals surface area contributed by atoms with E-state index in [1.807, 2.05) is 0 Å². The summed E-state index contributed by atoms with van der Waals surface area (Å²) in [5.74, 6) is -1.05. The molecular weight excluding hydrogens is 292 g/mol. The summed E-state index contributed by atoms with van der Waals surface area (Å²) in [6.07, 6.45) is 0.436. The summed E-state index contributed by atoms with van der Waals surface area (Å²) in [5, 5.41) is 13.3. The fraction of sp³-hybridized carbons (Fsp3) is 0.214. The minimum atomic E-state index is -1.10. The van der Waals surface area contributed by atoms with E-state index in [0.717, 1.165) is 0 Å². The Bertz CT molecular complexity index is 667. The Morgan fingerprint density at radius 3 is 2.55 bits per heavy atom. The Hall–Kier alpha value is -3.03. The zero-order chi connectivity index (χ0) is 16.3. The molecule has 0 saturated carbocycles. The number of imide groups is 1. The summed E-state index contributed by atoms with van der Waals surface area (Å²) >= 11 is 0. The molecule has 0 unspecified atom stereocenters. The van der Waals surface area contributed by atoms with E-state index in [1.165, 1.54) is 26.2 Å². The number of methoxy groups -OCH3 is 1. The van der Waals surface area contributed by atoms with Crippen LogP contribution in [-0.2, 0) is 9.59 Å². The second-order valence-electron chi connectivity index (χ2n) is 4.47. The van der Waals surface area contributed by atoms with Gasteiger partial charge in [0.2, 0.25) is 0 Å². The van der Waals surface area contributed by atoms with E-state index in [0.29, 0.717) is 11.3 Å². The highest BCUT2D eigenvalue weighted by Crippen LogP contribution is 2.29. The largest absolute Gasteiger partial charge is 0.493 e. The predicted octanol–water partition coefficient (Wildman–Crippen LogP) is 0.727. The molecule has 2 rings (SSSR count). The zero-order valence-corrected chi connectivity index (χ0v) is 11.9. The molecular formula is C14H14N2O6. The topological polar surface area (TPSA) is 114 Å². The summed E-state index contributed by atoms with van der Waals surface area (Å²) < 4.78 is 10.4. The van der Waals surface area contributed by atoms with Gasteiger partial charge in [0.1, 0.15) is 5.70 Å². The molecule has 1 aromatic rings. The molecule has 8 nitrogen and oxygen atoms in total. The number of amides is 3. The van der Waals surface area contributed by atoms with Crippen molar-refractivity contribution >= 4 is 24.0 Å². The van der Waals surface area contributed by atoms with Gasteiger partial charge in [0.25, 0.3) is 5.91 Å². The minimum Gasteiger partial charge on any atom is -0.493 e. The van der Waals surface area contributed by atoms with E-state index in [4.69, 9.17) is 14.6 Å². The molecule has 0 bridgehead atoms. The summed E-state index contributed by atoms with van der Waals surface area (Å²) in [7, 11) is 1.41. The highest BCUT2D eigenvalue weighted by atomic mass is 16.5. The van der Waals surface area contributed by atoms with Crippen molar-refractivity contribution in [2.75, 3.05) is 7.11 Å². The third-order valence-corrected chi connectivity index (χ3v) is 2.87. The third kappa shape index (κ3) is 3.35. The molecule has 1 saturated heterocycles. The van der Waals surface area contributed by atoms with Crippen LogP contribution in [0.4, 0.5) is 4.79 Å². The van der Waals surface area contributed by atoms with Crippen LogP contribution in [-0.4, -0.2) is 36.2 Å². The monoisotopic (exact) mass is 306 g/mol. The van der Waals surface area contributed by atoms with E-state index in [2.05, 4.69) is 10.6 Å².